The van der Waals surface area contributed by atoms with Crippen molar-refractivity contribution >= 4 is 11.9 Å². The largest absolute Gasteiger partial charge is 0.496 e. The Bertz CT molecular complexity index is 467. The first kappa shape index (κ1) is 19.0. The quantitative estimate of drug-likeness (QED) is 0.876. The van der Waals surface area contributed by atoms with Crippen molar-refractivity contribution in [3.63, 3.8) is 0 Å². The van der Waals surface area contributed by atoms with Gasteiger partial charge in [-0.3, -0.25) is 4.79 Å². The summed E-state index contributed by atoms with van der Waals surface area (Å²) in [6, 6.07) is 7.94. The van der Waals surface area contributed by atoms with Gasteiger partial charge in [0.15, 0.2) is 0 Å². The van der Waals surface area contributed by atoms with Crippen LogP contribution in [0.25, 0.3) is 0 Å². The first-order valence-corrected chi connectivity index (χ1v) is 6.94. The molecule has 1 amide bonds. The van der Waals surface area contributed by atoms with E-state index in [0.717, 1.165) is 5.75 Å². The van der Waals surface area contributed by atoms with Gasteiger partial charge in [0.25, 0.3) is 0 Å². The fraction of sp³-hybridized carbons (Fsp3) is 0.500. The van der Waals surface area contributed by atoms with Gasteiger partial charge in [0.05, 0.1) is 7.11 Å². The smallest absolute Gasteiger partial charge is 0.329 e. The van der Waals surface area contributed by atoms with E-state index in [1.807, 2.05) is 31.2 Å². The number of hydrogen-bond acceptors (Lipinski definition) is 3. The van der Waals surface area contributed by atoms with Crippen LogP contribution in [0.15, 0.2) is 24.3 Å². The minimum Gasteiger partial charge on any atom is -0.496 e. The van der Waals surface area contributed by atoms with Crippen molar-refractivity contribution in [2.75, 3.05) is 7.11 Å². The molecule has 0 aliphatic carbocycles. The fourth-order valence-electron chi connectivity index (χ4n) is 1.91. The number of amides is 1. The molecule has 1 rings (SSSR count). The normalized spacial score (nSPS) is 10.1. The third-order valence-electron chi connectivity index (χ3n) is 3.35. The lowest BCUT2D eigenvalue weighted by Gasteiger charge is -2.27. The summed E-state index contributed by atoms with van der Waals surface area (Å²) in [5.74, 6) is -0.318. The van der Waals surface area contributed by atoms with Gasteiger partial charge >= 0.3 is 5.97 Å². The van der Waals surface area contributed by atoms with E-state index < -0.39 is 11.5 Å². The number of carboxylic acids is 1. The van der Waals surface area contributed by atoms with E-state index in [0.29, 0.717) is 12.8 Å². The van der Waals surface area contributed by atoms with Crippen LogP contribution in [-0.4, -0.2) is 29.6 Å². The van der Waals surface area contributed by atoms with Gasteiger partial charge < -0.3 is 15.2 Å². The van der Waals surface area contributed by atoms with Gasteiger partial charge in [-0.25, -0.2) is 4.79 Å². The van der Waals surface area contributed by atoms with Gasteiger partial charge in [-0.15, -0.1) is 0 Å². The molecule has 0 aromatic heterocycles. The number of carbonyl (C=O) groups is 2. The Morgan fingerprint density at radius 1 is 1.24 bits per heavy atom. The molecule has 1 aromatic rings. The molecule has 1 aromatic carbocycles. The lowest BCUT2D eigenvalue weighted by atomic mass is 9.93. The van der Waals surface area contributed by atoms with Crippen molar-refractivity contribution in [1.29, 1.82) is 0 Å². The maximum absolute atomic E-state index is 10.8. The molecule has 118 valence electrons. The minimum absolute atomic E-state index is 0.305. The highest BCUT2D eigenvalue weighted by atomic mass is 16.5. The molecular formula is C16H25NO4. The van der Waals surface area contributed by atoms with E-state index in [9.17, 15) is 9.59 Å². The maximum Gasteiger partial charge on any atom is 0.329 e. The summed E-state index contributed by atoms with van der Waals surface area (Å²) < 4.78 is 5.04. The van der Waals surface area contributed by atoms with Gasteiger partial charge in [-0.05, 0) is 31.4 Å². The van der Waals surface area contributed by atoms with E-state index in [-0.39, 0.29) is 5.91 Å². The van der Waals surface area contributed by atoms with Crippen molar-refractivity contribution in [3.8, 4) is 5.75 Å². The van der Waals surface area contributed by atoms with Crippen LogP contribution in [0.2, 0.25) is 0 Å². The van der Waals surface area contributed by atoms with Crippen molar-refractivity contribution < 1.29 is 19.4 Å². The summed E-state index contributed by atoms with van der Waals surface area (Å²) in [6.45, 7) is 6.84. The Balaban J connectivity index is 0.000000394. The second-order valence-corrected chi connectivity index (χ2v) is 4.75. The monoisotopic (exact) mass is 295 g/mol. The highest BCUT2D eigenvalue weighted by molar-refractivity contribution is 5.85. The maximum atomic E-state index is 10.8. The van der Waals surface area contributed by atoms with Crippen molar-refractivity contribution in [2.45, 2.75) is 46.1 Å². The first-order chi connectivity index (χ1) is 9.82. The second kappa shape index (κ2) is 9.00. The number of aryl methyl sites for hydroxylation is 1. The number of carbonyl (C=O) groups excluding carboxylic acids is 1. The van der Waals surface area contributed by atoms with E-state index in [2.05, 4.69) is 5.32 Å². The van der Waals surface area contributed by atoms with E-state index >= 15 is 0 Å². The predicted octanol–water partition coefficient (Wildman–Crippen LogP) is 2.77. The Morgan fingerprint density at radius 3 is 2.00 bits per heavy atom. The molecule has 0 aliphatic rings. The topological polar surface area (TPSA) is 75.6 Å². The van der Waals surface area contributed by atoms with Gasteiger partial charge in [0.1, 0.15) is 11.3 Å². The molecule has 0 heterocycles. The molecule has 0 saturated heterocycles. The van der Waals surface area contributed by atoms with Crippen molar-refractivity contribution in [1.82, 2.24) is 5.32 Å². The van der Waals surface area contributed by atoms with E-state index in [4.69, 9.17) is 9.84 Å². The first-order valence-electron chi connectivity index (χ1n) is 6.94. The Labute approximate surface area is 126 Å². The Morgan fingerprint density at radius 2 is 1.76 bits per heavy atom. The summed E-state index contributed by atoms with van der Waals surface area (Å²) in [7, 11) is 1.68. The van der Waals surface area contributed by atoms with Crippen LogP contribution in [0.1, 0.15) is 39.2 Å². The van der Waals surface area contributed by atoms with Crippen LogP contribution < -0.4 is 10.1 Å². The summed E-state index contributed by atoms with van der Waals surface area (Å²) in [6.07, 6.45) is 0.802. The summed E-state index contributed by atoms with van der Waals surface area (Å²) in [4.78, 5) is 21.5. The number of ether oxygens (including phenoxy) is 1. The molecule has 0 bridgehead atoms. The van der Waals surface area contributed by atoms with Crippen LogP contribution in [0, 0.1) is 6.92 Å². The Kier molecular flexibility index (Phi) is 8.12. The van der Waals surface area contributed by atoms with Crippen LogP contribution >= 0.6 is 0 Å². The molecule has 5 nitrogen and oxygen atoms in total. The average Bonchev–Trinajstić information content (AvgIpc) is 2.45. The van der Waals surface area contributed by atoms with Gasteiger partial charge in [0, 0.05) is 6.92 Å². The van der Waals surface area contributed by atoms with Crippen LogP contribution in [-0.2, 0) is 9.59 Å². The number of para-hydroxylation sites is 1. The summed E-state index contributed by atoms with van der Waals surface area (Å²) in [5.41, 5.74) is 0.103. The molecule has 5 heteroatoms. The highest BCUT2D eigenvalue weighted by Crippen LogP contribution is 2.15. The number of aliphatic carboxylic acids is 1. The van der Waals surface area contributed by atoms with Crippen molar-refractivity contribution in [3.05, 3.63) is 29.8 Å². The summed E-state index contributed by atoms with van der Waals surface area (Å²) in [5, 5.41) is 11.3. The van der Waals surface area contributed by atoms with Crippen LogP contribution in [0.5, 0.6) is 5.75 Å². The predicted molar refractivity (Wildman–Crippen MR) is 82.5 cm³/mol. The molecule has 0 fully saturated rings. The van der Waals surface area contributed by atoms with E-state index in [1.165, 1.54) is 12.5 Å². The number of hydrogen-bond donors (Lipinski definition) is 2. The molecule has 0 spiro atoms. The SMILES string of the molecule is CCC(CC)(NC(C)=O)C(=O)O.COc1ccccc1C. The van der Waals surface area contributed by atoms with Crippen molar-refractivity contribution in [2.24, 2.45) is 0 Å². The zero-order valence-corrected chi connectivity index (χ0v) is 13.4. The molecule has 0 aliphatic heterocycles. The molecular weight excluding hydrogens is 270 g/mol. The molecule has 0 radical (unpaired) electrons. The van der Waals surface area contributed by atoms with Gasteiger partial charge in [-0.1, -0.05) is 32.0 Å². The zero-order valence-electron chi connectivity index (χ0n) is 13.4. The number of rotatable bonds is 5. The lowest BCUT2D eigenvalue weighted by Crippen LogP contribution is -2.53. The van der Waals surface area contributed by atoms with E-state index in [1.54, 1.807) is 21.0 Å². The third-order valence-corrected chi connectivity index (χ3v) is 3.35. The number of carboxylic acid groups (broad SMARTS) is 1. The molecule has 0 atom stereocenters. The fourth-order valence-corrected chi connectivity index (χ4v) is 1.91. The number of benzene rings is 1. The lowest BCUT2D eigenvalue weighted by molar-refractivity contribution is -0.147. The zero-order chi connectivity index (χ0) is 16.5. The van der Waals surface area contributed by atoms with Gasteiger partial charge in [0.2, 0.25) is 5.91 Å². The number of methoxy groups -OCH3 is 1. The molecule has 21 heavy (non-hydrogen) atoms. The van der Waals surface area contributed by atoms with Gasteiger partial charge in [-0.2, -0.15) is 0 Å². The highest BCUT2D eigenvalue weighted by Gasteiger charge is 2.35. The summed E-state index contributed by atoms with van der Waals surface area (Å²) >= 11 is 0. The average molecular weight is 295 g/mol. The van der Waals surface area contributed by atoms with Crippen LogP contribution in [0.3, 0.4) is 0 Å². The van der Waals surface area contributed by atoms with Crippen LogP contribution in [0.4, 0.5) is 0 Å². The third kappa shape index (κ3) is 5.85. The molecule has 0 unspecified atom stereocenters. The minimum atomic E-state index is -1.08. The Hall–Kier alpha value is -2.04. The molecule has 2 N–H and O–H groups in total. The standard InChI is InChI=1S/C8H15NO3.C8H10O/c1-4-8(5-2,7(11)12)9-6(3)10;1-7-5-3-4-6-8(7)9-2/h4-5H2,1-3H3,(H,9,10)(H,11,12);3-6H,1-2H3. The molecule has 0 saturated carbocycles. The second-order valence-electron chi connectivity index (χ2n) is 4.75. The number of nitrogens with one attached hydrogen (secondary N) is 1.